The Morgan fingerprint density at radius 1 is 1.00 bits per heavy atom. The number of carbonyl (C=O) groups is 2. The molecule has 2 aromatic rings. The first-order chi connectivity index (χ1) is 19.9. The van der Waals surface area contributed by atoms with Crippen LogP contribution in [-0.4, -0.2) is 69.2 Å². The number of carboxylic acid groups (broad SMARTS) is 2. The van der Waals surface area contributed by atoms with Gasteiger partial charge in [0, 0.05) is 29.6 Å². The van der Waals surface area contributed by atoms with Crippen LogP contribution >= 0.6 is 11.6 Å². The molecule has 0 amide bonds. The van der Waals surface area contributed by atoms with Gasteiger partial charge in [0.25, 0.3) is 0 Å². The van der Waals surface area contributed by atoms with E-state index in [1.165, 1.54) is 18.6 Å². The van der Waals surface area contributed by atoms with Gasteiger partial charge in [-0.05, 0) is 80.1 Å². The molecule has 0 aromatic heterocycles. The van der Waals surface area contributed by atoms with Gasteiger partial charge in [0.2, 0.25) is 0 Å². The summed E-state index contributed by atoms with van der Waals surface area (Å²) in [5.41, 5.74) is 6.99. The zero-order chi connectivity index (χ0) is 31.2. The number of aliphatic hydroxyl groups is 1. The van der Waals surface area contributed by atoms with Crippen LogP contribution in [0.5, 0.6) is 11.5 Å². The van der Waals surface area contributed by atoms with Crippen LogP contribution in [0.15, 0.2) is 42.5 Å². The molecule has 2 fully saturated rings. The van der Waals surface area contributed by atoms with Gasteiger partial charge in [-0.15, -0.1) is 0 Å². The molecule has 1 saturated heterocycles. The number of hydrogen-bond acceptors (Lipinski definition) is 8. The average molecular weight is 608 g/mol. The van der Waals surface area contributed by atoms with Crippen molar-refractivity contribution in [3.63, 3.8) is 0 Å². The molecule has 5 atom stereocenters. The van der Waals surface area contributed by atoms with Crippen molar-refractivity contribution < 1.29 is 35.1 Å². The van der Waals surface area contributed by atoms with Gasteiger partial charge in [-0.2, -0.15) is 0 Å². The predicted octanol–water partition coefficient (Wildman–Crippen LogP) is 4.23. The van der Waals surface area contributed by atoms with Crippen LogP contribution in [0.2, 0.25) is 5.02 Å². The van der Waals surface area contributed by atoms with Gasteiger partial charge in [-0.25, -0.2) is 0 Å². The Morgan fingerprint density at radius 3 is 2.24 bits per heavy atom. The first-order valence-corrected chi connectivity index (χ1v) is 14.9. The number of aromatic hydroxyl groups is 2. The van der Waals surface area contributed by atoms with E-state index in [-0.39, 0.29) is 29.8 Å². The summed E-state index contributed by atoms with van der Waals surface area (Å²) in [5.74, 6) is -1.62. The molecule has 0 bridgehead atoms. The number of carboxylic acids is 2. The second-order valence-corrected chi connectivity index (χ2v) is 11.6. The highest BCUT2D eigenvalue weighted by atomic mass is 35.5. The molecule has 0 radical (unpaired) electrons. The molecular weight excluding hydrogens is 562 g/mol. The van der Waals surface area contributed by atoms with Crippen LogP contribution in [-0.2, 0) is 9.59 Å². The van der Waals surface area contributed by atoms with E-state index in [1.807, 2.05) is 26.0 Å². The highest BCUT2D eigenvalue weighted by Gasteiger charge is 2.38. The van der Waals surface area contributed by atoms with Crippen LogP contribution in [0, 0.1) is 11.8 Å². The lowest BCUT2D eigenvalue weighted by atomic mass is 9.72. The van der Waals surface area contributed by atoms with Gasteiger partial charge in [0.05, 0.1) is 18.4 Å². The smallest absolute Gasteiger partial charge is 0.306 e. The summed E-state index contributed by atoms with van der Waals surface area (Å²) >= 11 is 5.72. The number of rotatable bonds is 9. The van der Waals surface area contributed by atoms with Crippen LogP contribution in [0.25, 0.3) is 0 Å². The SMILES string of the molecule is CC(C)NCC(O)c1ccc(O)c(O)c1.NCC(CC(=O)O)c1ccc(Cl)cc1.O=C(O)[C@@H]1CCCC2NCCCC21. The van der Waals surface area contributed by atoms with E-state index >= 15 is 0 Å². The second kappa shape index (κ2) is 17.9. The number of phenolic OH excluding ortho intramolecular Hbond substituents is 2. The fourth-order valence-corrected chi connectivity index (χ4v) is 5.48. The van der Waals surface area contributed by atoms with Crippen LogP contribution < -0.4 is 16.4 Å². The summed E-state index contributed by atoms with van der Waals surface area (Å²) in [6, 6.07) is 12.2. The molecule has 2 aromatic carbocycles. The molecule has 0 spiro atoms. The van der Waals surface area contributed by atoms with E-state index in [4.69, 9.17) is 32.7 Å². The number of benzene rings is 2. The number of hydrogen-bond donors (Lipinski definition) is 8. The minimum absolute atomic E-state index is 0.0537. The maximum atomic E-state index is 11.0. The molecule has 11 heteroatoms. The van der Waals surface area contributed by atoms with Crippen molar-refractivity contribution in [2.45, 2.75) is 76.5 Å². The van der Waals surface area contributed by atoms with Gasteiger partial charge < -0.3 is 41.9 Å². The molecule has 4 unspecified atom stereocenters. The zero-order valence-corrected chi connectivity index (χ0v) is 25.1. The Balaban J connectivity index is 0.000000220. The Hall–Kier alpha value is -2.89. The van der Waals surface area contributed by atoms with E-state index in [9.17, 15) is 19.8 Å². The summed E-state index contributed by atoms with van der Waals surface area (Å²) in [6.07, 6.45) is 4.76. The highest BCUT2D eigenvalue weighted by Crippen LogP contribution is 2.35. The minimum atomic E-state index is -0.838. The summed E-state index contributed by atoms with van der Waals surface area (Å²) < 4.78 is 0. The summed E-state index contributed by atoms with van der Waals surface area (Å²) in [7, 11) is 0. The molecule has 9 N–H and O–H groups in total. The molecule has 1 heterocycles. The fraction of sp³-hybridized carbons (Fsp3) is 0.548. The lowest BCUT2D eigenvalue weighted by molar-refractivity contribution is -0.146. The minimum Gasteiger partial charge on any atom is -0.504 e. The topological polar surface area (TPSA) is 185 Å². The predicted molar refractivity (Wildman–Crippen MR) is 163 cm³/mol. The van der Waals surface area contributed by atoms with Crippen molar-refractivity contribution in [1.29, 1.82) is 0 Å². The summed E-state index contributed by atoms with van der Waals surface area (Å²) in [4.78, 5) is 21.5. The number of nitrogens with two attached hydrogens (primary N) is 1. The van der Waals surface area contributed by atoms with Gasteiger partial charge >= 0.3 is 11.9 Å². The Kier molecular flexibility index (Phi) is 15.1. The molecule has 1 aliphatic heterocycles. The van der Waals surface area contributed by atoms with Gasteiger partial charge in [-0.3, -0.25) is 9.59 Å². The third kappa shape index (κ3) is 11.8. The number of halogens is 1. The first-order valence-electron chi connectivity index (χ1n) is 14.5. The van der Waals surface area contributed by atoms with Crippen LogP contribution in [0.3, 0.4) is 0 Å². The van der Waals surface area contributed by atoms with Crippen molar-refractivity contribution in [2.75, 3.05) is 19.6 Å². The summed E-state index contributed by atoms with van der Waals surface area (Å²) in [6.45, 7) is 5.80. The standard InChI is InChI=1S/C11H17NO3.C10H12ClNO2.C10H17NO2/c1-7(2)12-6-11(15)8-3-4-9(13)10(14)5-8;11-9-3-1-7(2-4-9)8(6-12)5-10(13)14;12-10(13)8-3-1-5-9-7(8)4-2-6-11-9/h3-5,7,11-15H,6H2,1-2H3;1-4,8H,5-6,12H2,(H,13,14);7-9,11H,1-6H2,(H,12,13)/t;;7?,8-,9?/m..1/s1. The molecular formula is C31H46ClN3O7. The van der Waals surface area contributed by atoms with E-state index in [2.05, 4.69) is 10.6 Å². The number of fused-ring (bicyclic) bond motifs is 1. The molecule has 1 saturated carbocycles. The maximum absolute atomic E-state index is 11.0. The monoisotopic (exact) mass is 607 g/mol. The highest BCUT2D eigenvalue weighted by molar-refractivity contribution is 6.30. The Labute approximate surface area is 252 Å². The number of piperidine rings is 1. The van der Waals surface area contributed by atoms with Crippen LogP contribution in [0.1, 0.15) is 75.5 Å². The Bertz CT molecular complexity index is 1110. The second-order valence-electron chi connectivity index (χ2n) is 11.2. The van der Waals surface area contributed by atoms with Crippen molar-refractivity contribution >= 4 is 23.5 Å². The molecule has 2 aliphatic rings. The number of aliphatic hydroxyl groups excluding tert-OH is 1. The van der Waals surface area contributed by atoms with E-state index in [0.717, 1.165) is 37.8 Å². The van der Waals surface area contributed by atoms with Gasteiger partial charge in [-0.1, -0.05) is 50.1 Å². The van der Waals surface area contributed by atoms with Crippen molar-refractivity contribution in [2.24, 2.45) is 17.6 Å². The molecule has 4 rings (SSSR count). The van der Waals surface area contributed by atoms with E-state index in [0.29, 0.717) is 41.7 Å². The average Bonchev–Trinajstić information content (AvgIpc) is 2.96. The number of aliphatic carboxylic acids is 2. The third-order valence-electron chi connectivity index (χ3n) is 7.65. The van der Waals surface area contributed by atoms with Crippen molar-refractivity contribution in [3.05, 3.63) is 58.6 Å². The van der Waals surface area contributed by atoms with Gasteiger partial charge in [0.1, 0.15) is 0 Å². The van der Waals surface area contributed by atoms with Crippen molar-refractivity contribution in [3.8, 4) is 11.5 Å². The third-order valence-corrected chi connectivity index (χ3v) is 7.90. The molecule has 1 aliphatic carbocycles. The van der Waals surface area contributed by atoms with Crippen LogP contribution in [0.4, 0.5) is 0 Å². The first kappa shape index (κ1) is 35.3. The van der Waals surface area contributed by atoms with Crippen molar-refractivity contribution in [1.82, 2.24) is 10.6 Å². The maximum Gasteiger partial charge on any atom is 0.306 e. The Morgan fingerprint density at radius 2 is 1.67 bits per heavy atom. The van der Waals surface area contributed by atoms with Gasteiger partial charge in [0.15, 0.2) is 11.5 Å². The quantitative estimate of drug-likeness (QED) is 0.192. The largest absolute Gasteiger partial charge is 0.504 e. The lowest BCUT2D eigenvalue weighted by Crippen LogP contribution is -2.48. The zero-order valence-electron chi connectivity index (χ0n) is 24.4. The number of nitrogens with one attached hydrogen (secondary N) is 2. The van der Waals surface area contributed by atoms with E-state index in [1.54, 1.807) is 18.2 Å². The summed E-state index contributed by atoms with van der Waals surface area (Å²) in [5, 5.41) is 52.9. The van der Waals surface area contributed by atoms with E-state index < -0.39 is 18.0 Å². The lowest BCUT2D eigenvalue weighted by Gasteiger charge is -2.40. The number of phenols is 2. The fourth-order valence-electron chi connectivity index (χ4n) is 5.35. The molecule has 234 valence electrons. The molecule has 10 nitrogen and oxygen atoms in total. The molecule has 42 heavy (non-hydrogen) atoms. The normalized spacial score (nSPS) is 21.0.